The van der Waals surface area contributed by atoms with Crippen LogP contribution in [0.25, 0.3) is 0 Å². The highest BCUT2D eigenvalue weighted by Gasteiger charge is 2.41. The summed E-state index contributed by atoms with van der Waals surface area (Å²) in [4.78, 5) is 22.2. The van der Waals surface area contributed by atoms with E-state index in [1.807, 2.05) is 0 Å². The fourth-order valence-corrected chi connectivity index (χ4v) is 4.60. The normalized spacial score (nSPS) is 28.7. The molecule has 0 bridgehead atoms. The molecule has 1 amide bonds. The van der Waals surface area contributed by atoms with Crippen LogP contribution in [0.3, 0.4) is 0 Å². The molecule has 3 heterocycles. The molecule has 2 fully saturated rings. The topological polar surface area (TPSA) is 104 Å². The van der Waals surface area contributed by atoms with Gasteiger partial charge in [-0.2, -0.15) is 0 Å². The standard InChI is InChI=1S/C14H21N5O3S/c1-23(21,22)12-8-17-18-13(12)10-3-2-6-19(9-10)14(20)11-7-15-4-5-16-11/h4-5,7,10,12-13,17-18H,2-3,6,8-9H2,1H3. The van der Waals surface area contributed by atoms with Gasteiger partial charge in [0.2, 0.25) is 0 Å². The van der Waals surface area contributed by atoms with E-state index in [1.54, 1.807) is 4.90 Å². The second kappa shape index (κ2) is 6.50. The van der Waals surface area contributed by atoms with Gasteiger partial charge in [-0.25, -0.2) is 13.4 Å². The van der Waals surface area contributed by atoms with Crippen molar-refractivity contribution in [3.63, 3.8) is 0 Å². The third-order valence-corrected chi connectivity index (χ3v) is 6.12. The minimum Gasteiger partial charge on any atom is -0.337 e. The van der Waals surface area contributed by atoms with Crippen LogP contribution in [-0.2, 0) is 9.84 Å². The lowest BCUT2D eigenvalue weighted by molar-refractivity contribution is 0.0644. The molecule has 2 saturated heterocycles. The smallest absolute Gasteiger partial charge is 0.274 e. The number of aromatic nitrogens is 2. The SMILES string of the molecule is CS(=O)(=O)C1CNNC1C1CCCN(C(=O)c2cnccn2)C1. The van der Waals surface area contributed by atoms with Crippen LogP contribution in [0, 0.1) is 5.92 Å². The Bertz CT molecular complexity index is 666. The Hall–Kier alpha value is -1.58. The van der Waals surface area contributed by atoms with Gasteiger partial charge in [-0.1, -0.05) is 0 Å². The molecule has 0 saturated carbocycles. The summed E-state index contributed by atoms with van der Waals surface area (Å²) in [5.41, 5.74) is 6.36. The molecule has 2 aliphatic heterocycles. The van der Waals surface area contributed by atoms with Crippen LogP contribution in [0.2, 0.25) is 0 Å². The Morgan fingerprint density at radius 3 is 2.91 bits per heavy atom. The monoisotopic (exact) mass is 339 g/mol. The van der Waals surface area contributed by atoms with E-state index in [-0.39, 0.29) is 17.9 Å². The maximum atomic E-state index is 12.5. The number of sulfone groups is 1. The van der Waals surface area contributed by atoms with Crippen molar-refractivity contribution in [2.75, 3.05) is 25.9 Å². The van der Waals surface area contributed by atoms with Crippen molar-refractivity contribution in [2.45, 2.75) is 24.1 Å². The summed E-state index contributed by atoms with van der Waals surface area (Å²) in [7, 11) is -3.14. The number of carbonyl (C=O) groups excluding carboxylic acids is 1. The molecule has 23 heavy (non-hydrogen) atoms. The van der Waals surface area contributed by atoms with E-state index < -0.39 is 15.1 Å². The lowest BCUT2D eigenvalue weighted by Crippen LogP contribution is -2.51. The summed E-state index contributed by atoms with van der Waals surface area (Å²) in [6.45, 7) is 1.59. The number of rotatable bonds is 3. The van der Waals surface area contributed by atoms with Crippen molar-refractivity contribution in [3.8, 4) is 0 Å². The second-order valence-electron chi connectivity index (χ2n) is 6.16. The number of hydrogen-bond acceptors (Lipinski definition) is 7. The molecule has 126 valence electrons. The molecular formula is C14H21N5O3S. The van der Waals surface area contributed by atoms with Gasteiger partial charge in [0.1, 0.15) is 5.69 Å². The summed E-state index contributed by atoms with van der Waals surface area (Å²) in [5, 5.41) is -0.459. The van der Waals surface area contributed by atoms with Crippen LogP contribution in [0.1, 0.15) is 23.3 Å². The number of carbonyl (C=O) groups is 1. The number of piperidine rings is 1. The van der Waals surface area contributed by atoms with Crippen molar-refractivity contribution >= 4 is 15.7 Å². The van der Waals surface area contributed by atoms with Crippen molar-refractivity contribution in [2.24, 2.45) is 5.92 Å². The van der Waals surface area contributed by atoms with E-state index in [4.69, 9.17) is 0 Å². The van der Waals surface area contributed by atoms with Gasteiger partial charge in [0.05, 0.1) is 11.4 Å². The first-order valence-corrected chi connectivity index (χ1v) is 9.65. The van der Waals surface area contributed by atoms with Gasteiger partial charge >= 0.3 is 0 Å². The zero-order valence-corrected chi connectivity index (χ0v) is 13.8. The highest BCUT2D eigenvalue weighted by atomic mass is 32.2. The fraction of sp³-hybridized carbons (Fsp3) is 0.643. The Labute approximate surface area is 135 Å². The number of nitrogens with one attached hydrogen (secondary N) is 2. The van der Waals surface area contributed by atoms with Gasteiger partial charge in [-0.15, -0.1) is 0 Å². The number of hydrazine groups is 1. The van der Waals surface area contributed by atoms with E-state index in [1.165, 1.54) is 24.8 Å². The molecule has 3 rings (SSSR count). The maximum Gasteiger partial charge on any atom is 0.274 e. The van der Waals surface area contributed by atoms with Crippen LogP contribution in [0.15, 0.2) is 18.6 Å². The molecule has 1 aromatic rings. The van der Waals surface area contributed by atoms with Gasteiger partial charge in [0, 0.05) is 44.3 Å². The fourth-order valence-electron chi connectivity index (χ4n) is 3.40. The van der Waals surface area contributed by atoms with Crippen LogP contribution in [0.5, 0.6) is 0 Å². The van der Waals surface area contributed by atoms with E-state index in [0.29, 0.717) is 25.3 Å². The zero-order valence-electron chi connectivity index (χ0n) is 13.0. The Balaban J connectivity index is 1.72. The van der Waals surface area contributed by atoms with E-state index in [2.05, 4.69) is 20.8 Å². The summed E-state index contributed by atoms with van der Waals surface area (Å²) < 4.78 is 23.9. The Morgan fingerprint density at radius 1 is 1.39 bits per heavy atom. The average Bonchev–Trinajstić information content (AvgIpc) is 3.05. The first-order valence-electron chi connectivity index (χ1n) is 7.69. The van der Waals surface area contributed by atoms with Gasteiger partial charge in [-0.05, 0) is 18.8 Å². The van der Waals surface area contributed by atoms with Gasteiger partial charge < -0.3 is 4.90 Å². The molecule has 2 aliphatic rings. The Morgan fingerprint density at radius 2 is 2.22 bits per heavy atom. The predicted octanol–water partition coefficient (Wildman–Crippen LogP) is -0.782. The lowest BCUT2D eigenvalue weighted by Gasteiger charge is -2.36. The molecule has 0 aromatic carbocycles. The maximum absolute atomic E-state index is 12.5. The zero-order chi connectivity index (χ0) is 16.4. The van der Waals surface area contributed by atoms with Crippen LogP contribution in [-0.4, -0.2) is 66.4 Å². The highest BCUT2D eigenvalue weighted by Crippen LogP contribution is 2.26. The molecule has 9 heteroatoms. The number of amides is 1. The van der Waals surface area contributed by atoms with Gasteiger partial charge in [-0.3, -0.25) is 20.6 Å². The molecule has 3 unspecified atom stereocenters. The number of hydrogen-bond donors (Lipinski definition) is 2. The molecule has 0 spiro atoms. The average molecular weight is 339 g/mol. The van der Waals surface area contributed by atoms with E-state index >= 15 is 0 Å². The molecule has 0 aliphatic carbocycles. The van der Waals surface area contributed by atoms with Gasteiger partial charge in [0.25, 0.3) is 5.91 Å². The highest BCUT2D eigenvalue weighted by molar-refractivity contribution is 7.91. The van der Waals surface area contributed by atoms with Crippen molar-refractivity contribution < 1.29 is 13.2 Å². The minimum absolute atomic E-state index is 0.0964. The van der Waals surface area contributed by atoms with Crippen LogP contribution in [0.4, 0.5) is 0 Å². The first-order chi connectivity index (χ1) is 11.0. The molecule has 3 atom stereocenters. The summed E-state index contributed by atoms with van der Waals surface area (Å²) in [5.74, 6) is -0.0521. The first kappa shape index (κ1) is 16.3. The molecule has 2 N–H and O–H groups in total. The third kappa shape index (κ3) is 3.51. The van der Waals surface area contributed by atoms with Crippen molar-refractivity contribution in [1.29, 1.82) is 0 Å². The summed E-state index contributed by atoms with van der Waals surface area (Å²) >= 11 is 0. The van der Waals surface area contributed by atoms with E-state index in [9.17, 15) is 13.2 Å². The molecule has 0 radical (unpaired) electrons. The molecule has 8 nitrogen and oxygen atoms in total. The summed E-state index contributed by atoms with van der Waals surface area (Å²) in [6.07, 6.45) is 7.50. The quantitative estimate of drug-likeness (QED) is 0.744. The summed E-state index contributed by atoms with van der Waals surface area (Å²) in [6, 6.07) is -0.178. The van der Waals surface area contributed by atoms with Crippen molar-refractivity contribution in [1.82, 2.24) is 25.7 Å². The largest absolute Gasteiger partial charge is 0.337 e. The van der Waals surface area contributed by atoms with Crippen LogP contribution < -0.4 is 10.9 Å². The van der Waals surface area contributed by atoms with Crippen LogP contribution >= 0.6 is 0 Å². The second-order valence-corrected chi connectivity index (χ2v) is 8.43. The number of likely N-dealkylation sites (tertiary alicyclic amines) is 1. The molecule has 1 aromatic heterocycles. The third-order valence-electron chi connectivity index (χ3n) is 4.56. The lowest BCUT2D eigenvalue weighted by atomic mass is 9.89. The number of nitrogens with zero attached hydrogens (tertiary/aromatic N) is 3. The van der Waals surface area contributed by atoms with E-state index in [0.717, 1.165) is 12.8 Å². The Kier molecular flexibility index (Phi) is 4.60. The predicted molar refractivity (Wildman–Crippen MR) is 84.2 cm³/mol. The minimum atomic E-state index is -3.14. The van der Waals surface area contributed by atoms with Crippen molar-refractivity contribution in [3.05, 3.63) is 24.3 Å². The molecular weight excluding hydrogens is 318 g/mol. The van der Waals surface area contributed by atoms with Gasteiger partial charge in [0.15, 0.2) is 9.84 Å².